The molecule has 0 aromatic heterocycles. The minimum absolute atomic E-state index is 0.108. The predicted octanol–water partition coefficient (Wildman–Crippen LogP) is 0.384. The lowest BCUT2D eigenvalue weighted by Gasteiger charge is -2.07. The van der Waals surface area contributed by atoms with Crippen molar-refractivity contribution in [2.24, 2.45) is 5.73 Å². The Balaban J connectivity index is 2.86. The van der Waals surface area contributed by atoms with Gasteiger partial charge in [-0.05, 0) is 17.7 Å². The zero-order chi connectivity index (χ0) is 8.27. The molecule has 0 saturated carbocycles. The Bertz CT molecular complexity index is 237. The second-order valence-corrected chi connectivity index (χ2v) is 2.38. The van der Waals surface area contributed by atoms with Crippen molar-refractivity contribution in [1.29, 1.82) is 0 Å². The number of phenolic OH excluding ortho intramolecular Hbond substituents is 1. The summed E-state index contributed by atoms with van der Waals surface area (Å²) in [5.41, 5.74) is 6.25. The van der Waals surface area contributed by atoms with Crippen LogP contribution in [0, 0.1) is 0 Å². The summed E-state index contributed by atoms with van der Waals surface area (Å²) >= 11 is 0. The van der Waals surface area contributed by atoms with Crippen LogP contribution in [0.1, 0.15) is 11.6 Å². The summed E-state index contributed by atoms with van der Waals surface area (Å²) in [4.78, 5) is 0. The molecule has 11 heavy (non-hydrogen) atoms. The molecule has 0 amide bonds. The third-order valence-corrected chi connectivity index (χ3v) is 1.50. The van der Waals surface area contributed by atoms with Crippen LogP contribution >= 0.6 is 0 Å². The highest BCUT2D eigenvalue weighted by atomic mass is 16.3. The molecule has 0 saturated heterocycles. The van der Waals surface area contributed by atoms with Crippen molar-refractivity contribution in [3.05, 3.63) is 29.8 Å². The number of aromatic hydroxyl groups is 1. The molecule has 60 valence electrons. The van der Waals surface area contributed by atoms with E-state index in [1.807, 2.05) is 0 Å². The van der Waals surface area contributed by atoms with E-state index in [1.54, 1.807) is 24.3 Å². The number of rotatable bonds is 2. The van der Waals surface area contributed by atoms with E-state index in [9.17, 15) is 0 Å². The highest BCUT2D eigenvalue weighted by molar-refractivity contribution is 5.29. The SMILES string of the molecule is N[C@@H](CO)c1cccc(O)c1. The van der Waals surface area contributed by atoms with Gasteiger partial charge in [0, 0.05) is 0 Å². The fourth-order valence-corrected chi connectivity index (χ4v) is 0.861. The van der Waals surface area contributed by atoms with E-state index in [0.717, 1.165) is 5.56 Å². The molecule has 0 aliphatic rings. The Kier molecular flexibility index (Phi) is 2.46. The van der Waals surface area contributed by atoms with Crippen LogP contribution in [-0.2, 0) is 0 Å². The first-order valence-corrected chi connectivity index (χ1v) is 3.39. The van der Waals surface area contributed by atoms with E-state index in [2.05, 4.69) is 0 Å². The van der Waals surface area contributed by atoms with E-state index < -0.39 is 6.04 Å². The van der Waals surface area contributed by atoms with Crippen molar-refractivity contribution >= 4 is 0 Å². The molecule has 1 rings (SSSR count). The zero-order valence-electron chi connectivity index (χ0n) is 6.07. The van der Waals surface area contributed by atoms with Gasteiger partial charge in [0.15, 0.2) is 0 Å². The quantitative estimate of drug-likeness (QED) is 0.575. The summed E-state index contributed by atoms with van der Waals surface area (Å²) in [5.74, 6) is 0.173. The van der Waals surface area contributed by atoms with Gasteiger partial charge in [-0.15, -0.1) is 0 Å². The van der Waals surface area contributed by atoms with Gasteiger partial charge < -0.3 is 15.9 Å². The maximum atomic E-state index is 9.02. The summed E-state index contributed by atoms with van der Waals surface area (Å²) in [5, 5.41) is 17.7. The summed E-state index contributed by atoms with van der Waals surface area (Å²) in [6.45, 7) is -0.108. The Labute approximate surface area is 65.1 Å². The summed E-state index contributed by atoms with van der Waals surface area (Å²) in [7, 11) is 0. The van der Waals surface area contributed by atoms with Crippen LogP contribution in [0.3, 0.4) is 0 Å². The van der Waals surface area contributed by atoms with E-state index in [-0.39, 0.29) is 12.4 Å². The lowest BCUT2D eigenvalue weighted by atomic mass is 10.1. The fourth-order valence-electron chi connectivity index (χ4n) is 0.861. The lowest BCUT2D eigenvalue weighted by molar-refractivity contribution is 0.268. The van der Waals surface area contributed by atoms with Gasteiger partial charge in [0.05, 0.1) is 12.6 Å². The van der Waals surface area contributed by atoms with E-state index in [0.29, 0.717) is 0 Å². The minimum Gasteiger partial charge on any atom is -0.508 e. The first-order valence-electron chi connectivity index (χ1n) is 3.39. The van der Waals surface area contributed by atoms with Gasteiger partial charge in [-0.2, -0.15) is 0 Å². The first-order chi connectivity index (χ1) is 5.24. The normalized spacial score (nSPS) is 12.9. The molecule has 1 aromatic carbocycles. The van der Waals surface area contributed by atoms with Crippen LogP contribution in [0.2, 0.25) is 0 Å². The summed E-state index contributed by atoms with van der Waals surface area (Å²) in [6, 6.07) is 6.16. The van der Waals surface area contributed by atoms with Crippen LogP contribution in [0.5, 0.6) is 5.75 Å². The molecular weight excluding hydrogens is 142 g/mol. The maximum absolute atomic E-state index is 9.02. The Morgan fingerprint density at radius 2 is 2.18 bits per heavy atom. The van der Waals surface area contributed by atoms with Gasteiger partial charge in [0.2, 0.25) is 0 Å². The number of hydrogen-bond donors (Lipinski definition) is 3. The van der Waals surface area contributed by atoms with Crippen molar-refractivity contribution in [3.63, 3.8) is 0 Å². The number of phenols is 1. The second kappa shape index (κ2) is 3.37. The van der Waals surface area contributed by atoms with Crippen LogP contribution in [-0.4, -0.2) is 16.8 Å². The largest absolute Gasteiger partial charge is 0.508 e. The van der Waals surface area contributed by atoms with Crippen molar-refractivity contribution in [3.8, 4) is 5.75 Å². The molecule has 3 heteroatoms. The molecule has 0 fully saturated rings. The van der Waals surface area contributed by atoms with Gasteiger partial charge in [-0.25, -0.2) is 0 Å². The van der Waals surface area contributed by atoms with Gasteiger partial charge in [-0.3, -0.25) is 0 Å². The molecule has 0 aliphatic carbocycles. The van der Waals surface area contributed by atoms with Crippen molar-refractivity contribution in [2.45, 2.75) is 6.04 Å². The molecule has 1 aromatic rings. The monoisotopic (exact) mass is 153 g/mol. The molecule has 0 radical (unpaired) electrons. The average Bonchev–Trinajstić information content (AvgIpc) is 2.03. The second-order valence-electron chi connectivity index (χ2n) is 2.38. The molecule has 0 bridgehead atoms. The molecule has 0 heterocycles. The molecule has 0 aliphatic heterocycles. The van der Waals surface area contributed by atoms with Crippen molar-refractivity contribution < 1.29 is 10.2 Å². The molecule has 0 spiro atoms. The predicted molar refractivity (Wildman–Crippen MR) is 42.1 cm³/mol. The summed E-state index contributed by atoms with van der Waals surface area (Å²) < 4.78 is 0. The number of aliphatic hydroxyl groups excluding tert-OH is 1. The standard InChI is InChI=1S/C8H11NO2/c9-8(5-10)6-2-1-3-7(11)4-6/h1-4,8,10-11H,5,9H2/t8-/m0/s1. The first kappa shape index (κ1) is 8.04. The third kappa shape index (κ3) is 1.93. The highest BCUT2D eigenvalue weighted by Crippen LogP contribution is 2.15. The number of nitrogens with two attached hydrogens (primary N) is 1. The van der Waals surface area contributed by atoms with Crippen molar-refractivity contribution in [1.82, 2.24) is 0 Å². The fraction of sp³-hybridized carbons (Fsp3) is 0.250. The van der Waals surface area contributed by atoms with E-state index >= 15 is 0 Å². The Morgan fingerprint density at radius 1 is 1.45 bits per heavy atom. The molecule has 0 unspecified atom stereocenters. The molecule has 3 nitrogen and oxygen atoms in total. The average molecular weight is 153 g/mol. The van der Waals surface area contributed by atoms with Crippen LogP contribution in [0.25, 0.3) is 0 Å². The zero-order valence-corrected chi connectivity index (χ0v) is 6.07. The number of hydrogen-bond acceptors (Lipinski definition) is 3. The van der Waals surface area contributed by atoms with Gasteiger partial charge in [-0.1, -0.05) is 12.1 Å². The smallest absolute Gasteiger partial charge is 0.115 e. The van der Waals surface area contributed by atoms with Crippen molar-refractivity contribution in [2.75, 3.05) is 6.61 Å². The van der Waals surface area contributed by atoms with Crippen LogP contribution < -0.4 is 5.73 Å². The summed E-state index contributed by atoms with van der Waals surface area (Å²) in [6.07, 6.45) is 0. The maximum Gasteiger partial charge on any atom is 0.115 e. The molecular formula is C8H11NO2. The topological polar surface area (TPSA) is 66.5 Å². The van der Waals surface area contributed by atoms with E-state index in [1.165, 1.54) is 0 Å². The Morgan fingerprint density at radius 3 is 2.73 bits per heavy atom. The van der Waals surface area contributed by atoms with Gasteiger partial charge >= 0.3 is 0 Å². The minimum atomic E-state index is -0.401. The highest BCUT2D eigenvalue weighted by Gasteiger charge is 2.03. The van der Waals surface area contributed by atoms with Crippen LogP contribution in [0.15, 0.2) is 24.3 Å². The number of benzene rings is 1. The van der Waals surface area contributed by atoms with Gasteiger partial charge in [0.1, 0.15) is 5.75 Å². The van der Waals surface area contributed by atoms with Crippen LogP contribution in [0.4, 0.5) is 0 Å². The lowest BCUT2D eigenvalue weighted by Crippen LogP contribution is -2.13. The third-order valence-electron chi connectivity index (χ3n) is 1.50. The molecule has 4 N–H and O–H groups in total. The molecule has 1 atom stereocenters. The Hall–Kier alpha value is -1.06. The van der Waals surface area contributed by atoms with E-state index in [4.69, 9.17) is 15.9 Å². The number of aliphatic hydroxyl groups is 1. The van der Waals surface area contributed by atoms with Gasteiger partial charge in [0.25, 0.3) is 0 Å².